The van der Waals surface area contributed by atoms with Crippen molar-refractivity contribution < 1.29 is 18.3 Å². The van der Waals surface area contributed by atoms with Crippen molar-refractivity contribution in [3.63, 3.8) is 0 Å². The molecule has 0 aliphatic carbocycles. The molecule has 2 heterocycles. The average molecular weight is 341 g/mol. The molecule has 2 aliphatic heterocycles. The van der Waals surface area contributed by atoms with E-state index in [9.17, 15) is 0 Å². The summed E-state index contributed by atoms with van der Waals surface area (Å²) < 4.78 is 24.9. The smallest absolute Gasteiger partial charge is 0.349 e. The maximum absolute atomic E-state index is 6.67. The van der Waals surface area contributed by atoms with Crippen molar-refractivity contribution in [1.29, 1.82) is 0 Å². The fourth-order valence-corrected chi connectivity index (χ4v) is 8.55. The second-order valence-electron chi connectivity index (χ2n) is 8.40. The molecule has 0 aromatic carbocycles. The molecule has 3 atom stereocenters. The highest BCUT2D eigenvalue weighted by atomic mass is 28.4. The molecule has 0 aromatic heterocycles. The molecule has 1 saturated heterocycles. The molecule has 2 rings (SSSR count). The van der Waals surface area contributed by atoms with E-state index in [4.69, 9.17) is 18.3 Å². The van der Waals surface area contributed by atoms with Gasteiger partial charge in [0.25, 0.3) is 0 Å². The van der Waals surface area contributed by atoms with Crippen molar-refractivity contribution >= 4 is 8.56 Å². The predicted molar refractivity (Wildman–Crippen MR) is 94.6 cm³/mol. The van der Waals surface area contributed by atoms with E-state index in [-0.39, 0.29) is 28.6 Å². The Kier molecular flexibility index (Phi) is 5.58. The number of fused-ring (bicyclic) bond motifs is 1. The molecule has 5 heteroatoms. The van der Waals surface area contributed by atoms with Crippen LogP contribution in [0.4, 0.5) is 0 Å². The highest BCUT2D eigenvalue weighted by molar-refractivity contribution is 6.73. The summed E-state index contributed by atoms with van der Waals surface area (Å²) >= 11 is 0. The lowest BCUT2D eigenvalue weighted by Crippen LogP contribution is -2.64. The monoisotopic (exact) mass is 340 g/mol. The minimum absolute atomic E-state index is 0.0187. The molecule has 0 saturated carbocycles. The van der Waals surface area contributed by atoms with Gasteiger partial charge in [-0.15, -0.1) is 6.58 Å². The predicted octanol–water partition coefficient (Wildman–Crippen LogP) is 4.32. The first-order valence-corrected chi connectivity index (χ1v) is 10.3. The highest BCUT2D eigenvalue weighted by Gasteiger charge is 2.61. The number of hydrogen-bond donors (Lipinski definition) is 0. The molecule has 132 valence electrons. The second kappa shape index (κ2) is 6.80. The lowest BCUT2D eigenvalue weighted by molar-refractivity contribution is -0.196. The Morgan fingerprint density at radius 3 is 2.43 bits per heavy atom. The van der Waals surface area contributed by atoms with E-state index in [0.717, 1.165) is 6.42 Å². The Morgan fingerprint density at radius 2 is 1.87 bits per heavy atom. The molecule has 0 aromatic rings. The lowest BCUT2D eigenvalue weighted by Gasteiger charge is -2.54. The lowest BCUT2D eigenvalue weighted by atomic mass is 10.2. The van der Waals surface area contributed by atoms with Gasteiger partial charge in [0.15, 0.2) is 6.29 Å². The largest absolute Gasteiger partial charge is 0.391 e. The number of rotatable bonds is 3. The summed E-state index contributed by atoms with van der Waals surface area (Å²) in [4.78, 5) is 0. The van der Waals surface area contributed by atoms with Crippen LogP contribution in [0.3, 0.4) is 0 Å². The van der Waals surface area contributed by atoms with Crippen molar-refractivity contribution in [2.45, 2.75) is 76.5 Å². The first kappa shape index (κ1) is 18.9. The molecule has 0 N–H and O–H groups in total. The Bertz CT molecular complexity index is 433. The summed E-state index contributed by atoms with van der Waals surface area (Å²) in [6.07, 6.45) is 6.26. The minimum atomic E-state index is -2.45. The van der Waals surface area contributed by atoms with Gasteiger partial charge >= 0.3 is 8.56 Å². The molecule has 0 bridgehead atoms. The molecule has 0 radical (unpaired) electrons. The zero-order valence-electron chi connectivity index (χ0n) is 15.4. The third-order valence-electron chi connectivity index (χ3n) is 4.47. The van der Waals surface area contributed by atoms with Crippen LogP contribution in [-0.4, -0.2) is 40.3 Å². The summed E-state index contributed by atoms with van der Waals surface area (Å²) in [5, 5.41) is -0.0375. The van der Waals surface area contributed by atoms with E-state index < -0.39 is 8.56 Å². The molecule has 23 heavy (non-hydrogen) atoms. The standard InChI is InChI=1S/C18H32O4Si/c1-8-12-19-16-11-9-10-14-15(21-16)13-20-23(22-14,17(2,3)4)18(5,6)7/h8-10,14-16H,1,11-13H2,2-7H3/t14-,15-,16+/m1/s1. The Hall–Kier alpha value is -0.463. The van der Waals surface area contributed by atoms with Gasteiger partial charge < -0.3 is 18.3 Å². The maximum atomic E-state index is 6.67. The van der Waals surface area contributed by atoms with Crippen LogP contribution in [0.15, 0.2) is 24.8 Å². The molecule has 0 amide bonds. The quantitative estimate of drug-likeness (QED) is 0.566. The van der Waals surface area contributed by atoms with E-state index in [1.165, 1.54) is 0 Å². The van der Waals surface area contributed by atoms with Gasteiger partial charge in [0, 0.05) is 16.5 Å². The van der Waals surface area contributed by atoms with Crippen molar-refractivity contribution in [3.8, 4) is 0 Å². The number of ether oxygens (including phenoxy) is 2. The van der Waals surface area contributed by atoms with Crippen LogP contribution < -0.4 is 0 Å². The van der Waals surface area contributed by atoms with Gasteiger partial charge in [0.1, 0.15) is 6.10 Å². The highest BCUT2D eigenvalue weighted by Crippen LogP contribution is 2.54. The van der Waals surface area contributed by atoms with Crippen LogP contribution in [0.2, 0.25) is 10.1 Å². The van der Waals surface area contributed by atoms with Gasteiger partial charge in [0.2, 0.25) is 0 Å². The van der Waals surface area contributed by atoms with Gasteiger partial charge in [0.05, 0.1) is 19.3 Å². The Balaban J connectivity index is 2.19. The third-order valence-corrected chi connectivity index (χ3v) is 9.60. The minimum Gasteiger partial charge on any atom is -0.391 e. The van der Waals surface area contributed by atoms with Gasteiger partial charge in [-0.25, -0.2) is 0 Å². The van der Waals surface area contributed by atoms with Crippen LogP contribution in [0.1, 0.15) is 48.0 Å². The summed E-state index contributed by atoms with van der Waals surface area (Å²) in [6.45, 7) is 18.1. The molecule has 0 spiro atoms. The molecule has 1 fully saturated rings. The zero-order chi connectivity index (χ0) is 17.3. The van der Waals surface area contributed by atoms with Crippen LogP contribution in [0, 0.1) is 0 Å². The average Bonchev–Trinajstić information content (AvgIpc) is 2.63. The van der Waals surface area contributed by atoms with Crippen molar-refractivity contribution in [2.75, 3.05) is 13.2 Å². The summed E-state index contributed by atoms with van der Waals surface area (Å²) in [6, 6.07) is 0. The second-order valence-corrected chi connectivity index (χ2v) is 13.2. The van der Waals surface area contributed by atoms with Crippen LogP contribution in [0.25, 0.3) is 0 Å². The van der Waals surface area contributed by atoms with Crippen LogP contribution in [-0.2, 0) is 18.3 Å². The molecule has 4 nitrogen and oxygen atoms in total. The maximum Gasteiger partial charge on any atom is 0.349 e. The Morgan fingerprint density at radius 1 is 1.22 bits per heavy atom. The molecular formula is C18H32O4Si. The van der Waals surface area contributed by atoms with Gasteiger partial charge in [-0.05, 0) is 0 Å². The van der Waals surface area contributed by atoms with Crippen LogP contribution >= 0.6 is 0 Å². The van der Waals surface area contributed by atoms with Gasteiger partial charge in [-0.1, -0.05) is 59.8 Å². The van der Waals surface area contributed by atoms with E-state index >= 15 is 0 Å². The molecule has 0 unspecified atom stereocenters. The molecule has 2 aliphatic rings. The summed E-state index contributed by atoms with van der Waals surface area (Å²) in [5.41, 5.74) is 0. The fraction of sp³-hybridized carbons (Fsp3) is 0.778. The first-order valence-electron chi connectivity index (χ1n) is 8.47. The van der Waals surface area contributed by atoms with Gasteiger partial charge in [-0.2, -0.15) is 0 Å². The van der Waals surface area contributed by atoms with E-state index in [1.807, 2.05) is 0 Å². The van der Waals surface area contributed by atoms with E-state index in [2.05, 4.69) is 60.3 Å². The number of hydrogen-bond acceptors (Lipinski definition) is 4. The van der Waals surface area contributed by atoms with Gasteiger partial charge in [-0.3, -0.25) is 0 Å². The van der Waals surface area contributed by atoms with E-state index in [0.29, 0.717) is 13.2 Å². The topological polar surface area (TPSA) is 36.9 Å². The van der Waals surface area contributed by atoms with E-state index in [1.54, 1.807) is 6.08 Å². The normalized spacial score (nSPS) is 31.3. The summed E-state index contributed by atoms with van der Waals surface area (Å²) in [5.74, 6) is 0. The fourth-order valence-electron chi connectivity index (χ4n) is 3.64. The first-order chi connectivity index (χ1) is 10.6. The van der Waals surface area contributed by atoms with Crippen molar-refractivity contribution in [2.24, 2.45) is 0 Å². The van der Waals surface area contributed by atoms with Crippen LogP contribution in [0.5, 0.6) is 0 Å². The third kappa shape index (κ3) is 3.80. The molecular weight excluding hydrogens is 308 g/mol. The summed E-state index contributed by atoms with van der Waals surface area (Å²) in [7, 11) is -2.45. The van der Waals surface area contributed by atoms with Crippen molar-refractivity contribution in [1.82, 2.24) is 0 Å². The Labute approximate surface area is 142 Å². The zero-order valence-corrected chi connectivity index (χ0v) is 16.4. The SMILES string of the molecule is C=CCO[C@@H]1CC=C[C@H]2O[Si](C(C)(C)C)(C(C)(C)C)OC[C@H]2O1. The van der Waals surface area contributed by atoms with Crippen molar-refractivity contribution in [3.05, 3.63) is 24.8 Å².